The molecule has 3 aromatic rings. The first-order valence-corrected chi connectivity index (χ1v) is 7.22. The van der Waals surface area contributed by atoms with E-state index in [1.165, 1.54) is 0 Å². The highest BCUT2D eigenvalue weighted by Gasteiger charge is 2.16. The molecule has 2 aromatic heterocycles. The van der Waals surface area contributed by atoms with Gasteiger partial charge in [-0.1, -0.05) is 12.1 Å². The lowest BCUT2D eigenvalue weighted by Gasteiger charge is -2.15. The highest BCUT2D eigenvalue weighted by atomic mass is 16.3. The number of phenolic OH excluding ortho intramolecular Hbond substituents is 1. The maximum atomic E-state index is 12.4. The summed E-state index contributed by atoms with van der Waals surface area (Å²) in [5.41, 5.74) is 1.50. The predicted octanol–water partition coefficient (Wildman–Crippen LogP) is 1.75. The number of amides is 1. The normalized spacial score (nSPS) is 10.7. The first-order valence-electron chi connectivity index (χ1n) is 7.22. The zero-order chi connectivity index (χ0) is 16.2. The van der Waals surface area contributed by atoms with Crippen molar-refractivity contribution in [2.45, 2.75) is 6.54 Å². The van der Waals surface area contributed by atoms with Crippen LogP contribution in [-0.4, -0.2) is 49.5 Å². The van der Waals surface area contributed by atoms with E-state index < -0.39 is 0 Å². The molecule has 118 valence electrons. The van der Waals surface area contributed by atoms with Crippen LogP contribution in [-0.2, 0) is 6.54 Å². The molecule has 0 aliphatic carbocycles. The number of para-hydroxylation sites is 1. The van der Waals surface area contributed by atoms with Gasteiger partial charge in [-0.25, -0.2) is 0 Å². The van der Waals surface area contributed by atoms with Crippen molar-refractivity contribution in [3.8, 4) is 17.0 Å². The molecule has 0 saturated heterocycles. The molecule has 1 amide bonds. The van der Waals surface area contributed by atoms with Crippen molar-refractivity contribution in [3.05, 3.63) is 54.5 Å². The monoisotopic (exact) mass is 311 g/mol. The minimum absolute atomic E-state index is 0.130. The summed E-state index contributed by atoms with van der Waals surface area (Å²) in [6.45, 7) is 1.15. The van der Waals surface area contributed by atoms with Gasteiger partial charge in [0.1, 0.15) is 11.4 Å². The van der Waals surface area contributed by atoms with E-state index in [4.69, 9.17) is 0 Å². The van der Waals surface area contributed by atoms with E-state index in [1.807, 2.05) is 12.3 Å². The van der Waals surface area contributed by atoms with E-state index >= 15 is 0 Å². The van der Waals surface area contributed by atoms with E-state index in [0.717, 1.165) is 0 Å². The Labute approximate surface area is 133 Å². The standard InChI is InChI=1S/C16H17N5O2/c1-20(9-10-21-8-4-7-17-21)16(23)14-11-13(18-19-14)12-5-2-3-6-15(12)22/h2-8,11,22H,9-10H2,1H3,(H,18,19). The second kappa shape index (κ2) is 6.35. The van der Waals surface area contributed by atoms with Gasteiger partial charge in [0.05, 0.1) is 12.2 Å². The molecule has 0 unspecified atom stereocenters. The smallest absolute Gasteiger partial charge is 0.271 e. The average molecular weight is 311 g/mol. The quantitative estimate of drug-likeness (QED) is 0.751. The maximum absolute atomic E-state index is 12.4. The van der Waals surface area contributed by atoms with E-state index in [2.05, 4.69) is 15.3 Å². The molecule has 0 atom stereocenters. The molecule has 0 aliphatic heterocycles. The number of aromatic hydroxyl groups is 1. The third kappa shape index (κ3) is 3.23. The molecule has 0 radical (unpaired) electrons. The summed E-state index contributed by atoms with van der Waals surface area (Å²) in [5.74, 6) is -0.0311. The van der Waals surface area contributed by atoms with Gasteiger partial charge in [-0.2, -0.15) is 10.2 Å². The number of phenols is 1. The molecule has 0 saturated carbocycles. The number of carbonyl (C=O) groups is 1. The van der Waals surface area contributed by atoms with Gasteiger partial charge in [-0.3, -0.25) is 14.6 Å². The molecule has 7 nitrogen and oxygen atoms in total. The van der Waals surface area contributed by atoms with Crippen LogP contribution in [0.3, 0.4) is 0 Å². The Hall–Kier alpha value is -3.09. The van der Waals surface area contributed by atoms with Crippen LogP contribution in [0.5, 0.6) is 5.75 Å². The van der Waals surface area contributed by atoms with Gasteiger partial charge in [0, 0.05) is 31.5 Å². The molecule has 23 heavy (non-hydrogen) atoms. The van der Waals surface area contributed by atoms with Crippen molar-refractivity contribution in [1.82, 2.24) is 24.9 Å². The second-order valence-corrected chi connectivity index (χ2v) is 5.18. The van der Waals surface area contributed by atoms with Crippen LogP contribution in [0, 0.1) is 0 Å². The molecule has 1 aromatic carbocycles. The van der Waals surface area contributed by atoms with Crippen molar-refractivity contribution in [2.75, 3.05) is 13.6 Å². The van der Waals surface area contributed by atoms with Gasteiger partial charge in [0.2, 0.25) is 0 Å². The number of benzene rings is 1. The van der Waals surface area contributed by atoms with Crippen LogP contribution in [0.2, 0.25) is 0 Å². The van der Waals surface area contributed by atoms with Crippen LogP contribution in [0.25, 0.3) is 11.3 Å². The van der Waals surface area contributed by atoms with Gasteiger partial charge in [0.15, 0.2) is 0 Å². The minimum Gasteiger partial charge on any atom is -0.507 e. The first-order chi connectivity index (χ1) is 11.1. The van der Waals surface area contributed by atoms with Crippen molar-refractivity contribution in [1.29, 1.82) is 0 Å². The van der Waals surface area contributed by atoms with E-state index in [0.29, 0.717) is 30.0 Å². The number of aromatic amines is 1. The number of aromatic nitrogens is 4. The Morgan fingerprint density at radius 1 is 1.35 bits per heavy atom. The number of rotatable bonds is 5. The third-order valence-electron chi connectivity index (χ3n) is 3.56. The molecule has 0 aliphatic rings. The minimum atomic E-state index is -0.161. The fraction of sp³-hybridized carbons (Fsp3) is 0.188. The Balaban J connectivity index is 1.69. The predicted molar refractivity (Wildman–Crippen MR) is 84.9 cm³/mol. The highest BCUT2D eigenvalue weighted by Crippen LogP contribution is 2.27. The summed E-state index contributed by atoms with van der Waals surface area (Å²) in [6.07, 6.45) is 3.56. The van der Waals surface area contributed by atoms with Crippen molar-refractivity contribution in [2.24, 2.45) is 0 Å². The van der Waals surface area contributed by atoms with Crippen LogP contribution >= 0.6 is 0 Å². The number of H-pyrrole nitrogens is 1. The third-order valence-corrected chi connectivity index (χ3v) is 3.56. The molecular weight excluding hydrogens is 294 g/mol. The van der Waals surface area contributed by atoms with Crippen LogP contribution in [0.4, 0.5) is 0 Å². The molecule has 3 rings (SSSR count). The largest absolute Gasteiger partial charge is 0.507 e. The molecule has 7 heteroatoms. The fourth-order valence-corrected chi connectivity index (χ4v) is 2.25. The van der Waals surface area contributed by atoms with Crippen molar-refractivity contribution < 1.29 is 9.90 Å². The summed E-state index contributed by atoms with van der Waals surface area (Å²) in [4.78, 5) is 14.0. The van der Waals surface area contributed by atoms with Gasteiger partial charge >= 0.3 is 0 Å². The Morgan fingerprint density at radius 2 is 2.17 bits per heavy atom. The summed E-state index contributed by atoms with van der Waals surface area (Å²) in [5, 5.41) is 20.8. The number of hydrogen-bond acceptors (Lipinski definition) is 4. The molecule has 2 N–H and O–H groups in total. The SMILES string of the molecule is CN(CCn1cccn1)C(=O)c1cc(-c2ccccc2O)n[nH]1. The number of hydrogen-bond donors (Lipinski definition) is 2. The summed E-state index contributed by atoms with van der Waals surface area (Å²) in [7, 11) is 1.73. The van der Waals surface area contributed by atoms with E-state index in [1.54, 1.807) is 53.2 Å². The second-order valence-electron chi connectivity index (χ2n) is 5.18. The van der Waals surface area contributed by atoms with Gasteiger partial charge in [0.25, 0.3) is 5.91 Å². The molecule has 2 heterocycles. The lowest BCUT2D eigenvalue weighted by atomic mass is 10.1. The first kappa shape index (κ1) is 14.8. The number of nitrogens with zero attached hydrogens (tertiary/aromatic N) is 4. The Bertz CT molecular complexity index is 794. The Morgan fingerprint density at radius 3 is 2.91 bits per heavy atom. The van der Waals surface area contributed by atoms with E-state index in [-0.39, 0.29) is 11.7 Å². The zero-order valence-corrected chi connectivity index (χ0v) is 12.7. The number of carbonyl (C=O) groups excluding carboxylic acids is 1. The highest BCUT2D eigenvalue weighted by molar-refractivity contribution is 5.93. The summed E-state index contributed by atoms with van der Waals surface area (Å²) < 4.78 is 1.77. The average Bonchev–Trinajstić information content (AvgIpc) is 3.24. The molecule has 0 fully saturated rings. The van der Waals surface area contributed by atoms with Gasteiger partial charge in [-0.05, 0) is 24.3 Å². The summed E-state index contributed by atoms with van der Waals surface area (Å²) in [6, 6.07) is 10.4. The lowest BCUT2D eigenvalue weighted by Crippen LogP contribution is -2.30. The van der Waals surface area contributed by atoms with Gasteiger partial charge < -0.3 is 10.0 Å². The van der Waals surface area contributed by atoms with Crippen LogP contribution in [0.1, 0.15) is 10.5 Å². The molecular formula is C16H17N5O2. The lowest BCUT2D eigenvalue weighted by molar-refractivity contribution is 0.0783. The Kier molecular flexibility index (Phi) is 4.09. The van der Waals surface area contributed by atoms with E-state index in [9.17, 15) is 9.90 Å². The van der Waals surface area contributed by atoms with Crippen LogP contribution < -0.4 is 0 Å². The summed E-state index contributed by atoms with van der Waals surface area (Å²) >= 11 is 0. The number of nitrogens with one attached hydrogen (secondary N) is 1. The molecule has 0 bridgehead atoms. The maximum Gasteiger partial charge on any atom is 0.271 e. The number of likely N-dealkylation sites (N-methyl/N-ethyl adjacent to an activating group) is 1. The van der Waals surface area contributed by atoms with Crippen molar-refractivity contribution in [3.63, 3.8) is 0 Å². The van der Waals surface area contributed by atoms with Crippen LogP contribution in [0.15, 0.2) is 48.8 Å². The van der Waals surface area contributed by atoms with Crippen molar-refractivity contribution >= 4 is 5.91 Å². The fourth-order valence-electron chi connectivity index (χ4n) is 2.25. The van der Waals surface area contributed by atoms with Gasteiger partial charge in [-0.15, -0.1) is 0 Å². The molecule has 0 spiro atoms. The zero-order valence-electron chi connectivity index (χ0n) is 12.7. The topological polar surface area (TPSA) is 87.0 Å².